The lowest BCUT2D eigenvalue weighted by molar-refractivity contribution is -0.141. The van der Waals surface area contributed by atoms with Gasteiger partial charge in [-0.1, -0.05) is 30.3 Å². The van der Waals surface area contributed by atoms with Crippen LogP contribution in [0.25, 0.3) is 0 Å². The molecule has 0 spiro atoms. The molecular weight excluding hydrogens is 204 g/mol. The fourth-order valence-corrected chi connectivity index (χ4v) is 2.15. The highest BCUT2D eigenvalue weighted by atomic mass is 16.4. The van der Waals surface area contributed by atoms with Gasteiger partial charge in [0.15, 0.2) is 0 Å². The molecule has 1 heterocycles. The van der Waals surface area contributed by atoms with Gasteiger partial charge in [0.2, 0.25) is 0 Å². The highest BCUT2D eigenvalue weighted by Crippen LogP contribution is 2.18. The number of hydrogen-bond donors (Lipinski definition) is 2. The Hall–Kier alpha value is -1.39. The Morgan fingerprint density at radius 1 is 1.38 bits per heavy atom. The van der Waals surface area contributed by atoms with Crippen LogP contribution in [-0.2, 0) is 11.3 Å². The minimum atomic E-state index is -0.789. The second kappa shape index (κ2) is 4.63. The predicted molar refractivity (Wildman–Crippen MR) is 60.8 cm³/mol. The van der Waals surface area contributed by atoms with E-state index in [4.69, 9.17) is 10.8 Å². The van der Waals surface area contributed by atoms with E-state index in [2.05, 4.69) is 4.90 Å². The van der Waals surface area contributed by atoms with E-state index in [1.54, 1.807) is 0 Å². The molecule has 2 rings (SSSR count). The molecule has 4 nitrogen and oxygen atoms in total. The number of nitrogens with zero attached hydrogens (tertiary/aromatic N) is 1. The summed E-state index contributed by atoms with van der Waals surface area (Å²) in [5, 5.41) is 8.96. The standard InChI is InChI=1S/C12H16N2O2/c13-11-8-14(7-10(11)12(15)16)6-9-4-2-1-3-5-9/h1-5,10-11H,6-8,13H2,(H,15,16)/t10-,11+/m1/s1. The summed E-state index contributed by atoms with van der Waals surface area (Å²) in [6.45, 7) is 1.98. The van der Waals surface area contributed by atoms with Crippen molar-refractivity contribution < 1.29 is 9.90 Å². The fourth-order valence-electron chi connectivity index (χ4n) is 2.15. The summed E-state index contributed by atoms with van der Waals surface area (Å²) in [6.07, 6.45) is 0. The molecule has 0 bridgehead atoms. The molecule has 0 saturated carbocycles. The molecule has 16 heavy (non-hydrogen) atoms. The first-order valence-corrected chi connectivity index (χ1v) is 5.41. The van der Waals surface area contributed by atoms with Crippen molar-refractivity contribution in [3.8, 4) is 0 Å². The quantitative estimate of drug-likeness (QED) is 0.779. The van der Waals surface area contributed by atoms with E-state index in [9.17, 15) is 4.79 Å². The van der Waals surface area contributed by atoms with Gasteiger partial charge in [-0.25, -0.2) is 0 Å². The minimum absolute atomic E-state index is 0.249. The van der Waals surface area contributed by atoms with Crippen LogP contribution in [0.15, 0.2) is 30.3 Å². The first kappa shape index (κ1) is 11.1. The zero-order valence-electron chi connectivity index (χ0n) is 9.04. The van der Waals surface area contributed by atoms with Crippen LogP contribution in [0.1, 0.15) is 5.56 Å². The number of aliphatic carboxylic acids is 1. The molecule has 0 aromatic heterocycles. The van der Waals surface area contributed by atoms with Crippen molar-refractivity contribution in [3.63, 3.8) is 0 Å². The Morgan fingerprint density at radius 3 is 2.62 bits per heavy atom. The summed E-state index contributed by atoms with van der Waals surface area (Å²) in [7, 11) is 0. The average Bonchev–Trinajstić information content (AvgIpc) is 2.61. The van der Waals surface area contributed by atoms with Crippen LogP contribution in [0, 0.1) is 5.92 Å². The summed E-state index contributed by atoms with van der Waals surface area (Å²) >= 11 is 0. The first-order valence-electron chi connectivity index (χ1n) is 5.41. The third kappa shape index (κ3) is 2.40. The summed E-state index contributed by atoms with van der Waals surface area (Å²) in [4.78, 5) is 13.0. The molecule has 0 amide bonds. The van der Waals surface area contributed by atoms with Gasteiger partial charge in [-0.15, -0.1) is 0 Å². The number of benzene rings is 1. The number of carboxylic acids is 1. The molecule has 1 aromatic carbocycles. The van der Waals surface area contributed by atoms with Gasteiger partial charge >= 0.3 is 5.97 Å². The minimum Gasteiger partial charge on any atom is -0.481 e. The molecule has 4 heteroatoms. The van der Waals surface area contributed by atoms with Gasteiger partial charge in [-0.3, -0.25) is 9.69 Å². The number of nitrogens with two attached hydrogens (primary N) is 1. The van der Waals surface area contributed by atoms with Crippen molar-refractivity contribution in [2.45, 2.75) is 12.6 Å². The van der Waals surface area contributed by atoms with Crippen LogP contribution in [0.5, 0.6) is 0 Å². The smallest absolute Gasteiger partial charge is 0.309 e. The van der Waals surface area contributed by atoms with Gasteiger partial charge in [-0.2, -0.15) is 0 Å². The SMILES string of the molecule is N[C@H]1CN(Cc2ccccc2)C[C@H]1C(=O)O. The fraction of sp³-hybridized carbons (Fsp3) is 0.417. The van der Waals surface area contributed by atoms with Crippen molar-refractivity contribution in [3.05, 3.63) is 35.9 Å². The Labute approximate surface area is 94.7 Å². The van der Waals surface area contributed by atoms with Gasteiger partial charge in [0.05, 0.1) is 5.92 Å². The van der Waals surface area contributed by atoms with Gasteiger partial charge < -0.3 is 10.8 Å². The zero-order valence-corrected chi connectivity index (χ0v) is 9.04. The van der Waals surface area contributed by atoms with Gasteiger partial charge in [-0.05, 0) is 5.56 Å². The number of likely N-dealkylation sites (tertiary alicyclic amines) is 1. The molecule has 0 unspecified atom stereocenters. The lowest BCUT2D eigenvalue weighted by Gasteiger charge is -2.14. The molecule has 3 N–H and O–H groups in total. The van der Waals surface area contributed by atoms with Crippen LogP contribution in [0.2, 0.25) is 0 Å². The summed E-state index contributed by atoms with van der Waals surface area (Å²) in [6, 6.07) is 9.78. The zero-order chi connectivity index (χ0) is 11.5. The third-order valence-corrected chi connectivity index (χ3v) is 3.01. The molecule has 1 aliphatic rings. The van der Waals surface area contributed by atoms with E-state index < -0.39 is 11.9 Å². The van der Waals surface area contributed by atoms with Crippen LogP contribution in [0.3, 0.4) is 0 Å². The number of carboxylic acid groups (broad SMARTS) is 1. The number of hydrogen-bond acceptors (Lipinski definition) is 3. The normalized spacial score (nSPS) is 25.8. The van der Waals surface area contributed by atoms with Crippen molar-refractivity contribution in [1.82, 2.24) is 4.90 Å². The highest BCUT2D eigenvalue weighted by molar-refractivity contribution is 5.71. The third-order valence-electron chi connectivity index (χ3n) is 3.01. The van der Waals surface area contributed by atoms with E-state index in [1.165, 1.54) is 5.56 Å². The van der Waals surface area contributed by atoms with E-state index in [1.807, 2.05) is 30.3 Å². The molecule has 0 radical (unpaired) electrons. The maximum atomic E-state index is 10.9. The molecule has 1 fully saturated rings. The maximum Gasteiger partial charge on any atom is 0.309 e. The summed E-state index contributed by atoms with van der Waals surface area (Å²) in [5.41, 5.74) is 7.00. The number of rotatable bonds is 3. The lowest BCUT2D eigenvalue weighted by Crippen LogP contribution is -2.33. The van der Waals surface area contributed by atoms with Crippen LogP contribution in [0.4, 0.5) is 0 Å². The van der Waals surface area contributed by atoms with Gasteiger partial charge in [0.1, 0.15) is 0 Å². The van der Waals surface area contributed by atoms with Gasteiger partial charge in [0.25, 0.3) is 0 Å². The van der Waals surface area contributed by atoms with Crippen LogP contribution in [-0.4, -0.2) is 35.1 Å². The van der Waals surface area contributed by atoms with E-state index in [0.717, 1.165) is 6.54 Å². The van der Waals surface area contributed by atoms with E-state index in [-0.39, 0.29) is 6.04 Å². The molecular formula is C12H16N2O2. The summed E-state index contributed by atoms with van der Waals surface area (Å²) in [5.74, 6) is -1.22. The summed E-state index contributed by atoms with van der Waals surface area (Å²) < 4.78 is 0. The maximum absolute atomic E-state index is 10.9. The molecule has 2 atom stereocenters. The Balaban J connectivity index is 1.96. The Morgan fingerprint density at radius 2 is 2.06 bits per heavy atom. The van der Waals surface area contributed by atoms with Crippen molar-refractivity contribution in [2.24, 2.45) is 11.7 Å². The largest absolute Gasteiger partial charge is 0.481 e. The van der Waals surface area contributed by atoms with Crippen LogP contribution < -0.4 is 5.73 Å². The predicted octanol–water partition coefficient (Wildman–Crippen LogP) is 0.530. The topological polar surface area (TPSA) is 66.6 Å². The average molecular weight is 220 g/mol. The molecule has 1 aromatic rings. The van der Waals surface area contributed by atoms with Gasteiger partial charge in [0, 0.05) is 25.7 Å². The van der Waals surface area contributed by atoms with Crippen molar-refractivity contribution in [2.75, 3.05) is 13.1 Å². The monoisotopic (exact) mass is 220 g/mol. The first-order chi connectivity index (χ1) is 7.66. The van der Waals surface area contributed by atoms with Crippen LogP contribution >= 0.6 is 0 Å². The highest BCUT2D eigenvalue weighted by Gasteiger charge is 2.34. The Bertz CT molecular complexity index is 367. The van der Waals surface area contributed by atoms with Crippen molar-refractivity contribution >= 4 is 5.97 Å². The molecule has 1 saturated heterocycles. The lowest BCUT2D eigenvalue weighted by atomic mass is 10.1. The number of carbonyl (C=O) groups is 1. The van der Waals surface area contributed by atoms with E-state index >= 15 is 0 Å². The van der Waals surface area contributed by atoms with Crippen molar-refractivity contribution in [1.29, 1.82) is 0 Å². The molecule has 86 valence electrons. The second-order valence-corrected chi connectivity index (χ2v) is 4.29. The second-order valence-electron chi connectivity index (χ2n) is 4.29. The molecule has 0 aliphatic carbocycles. The molecule has 1 aliphatic heterocycles. The Kier molecular flexibility index (Phi) is 3.22. The van der Waals surface area contributed by atoms with E-state index in [0.29, 0.717) is 13.1 Å².